The van der Waals surface area contributed by atoms with Gasteiger partial charge in [-0.25, -0.2) is 4.98 Å². The Balaban J connectivity index is 2.42. The van der Waals surface area contributed by atoms with Gasteiger partial charge in [-0.3, -0.25) is 0 Å². The minimum absolute atomic E-state index is 1.00. The van der Waals surface area contributed by atoms with Crippen LogP contribution >= 0.6 is 11.3 Å². The minimum Gasteiger partial charge on any atom is -0.362 e. The van der Waals surface area contributed by atoms with Crippen LogP contribution in [0.5, 0.6) is 0 Å². The fraction of sp³-hybridized carbons (Fsp3) is 0.700. The molecule has 0 fully saturated rings. The van der Waals surface area contributed by atoms with E-state index in [1.165, 1.54) is 4.88 Å². The molecule has 0 aliphatic heterocycles. The SMILES string of the molecule is CCCNc1ncc(CN(C)CC)s1. The average Bonchev–Trinajstić information content (AvgIpc) is 2.62. The molecule has 0 atom stereocenters. The summed E-state index contributed by atoms with van der Waals surface area (Å²) in [6, 6.07) is 0. The second kappa shape index (κ2) is 5.98. The van der Waals surface area contributed by atoms with Crippen molar-refractivity contribution < 1.29 is 0 Å². The van der Waals surface area contributed by atoms with Gasteiger partial charge < -0.3 is 10.2 Å². The van der Waals surface area contributed by atoms with Gasteiger partial charge in [0.1, 0.15) is 0 Å². The standard InChI is InChI=1S/C10H19N3S/c1-4-6-11-10-12-7-9(14-10)8-13(3)5-2/h7H,4-6,8H2,1-3H3,(H,11,12). The number of nitrogens with zero attached hydrogens (tertiary/aromatic N) is 2. The Morgan fingerprint density at radius 3 is 2.93 bits per heavy atom. The lowest BCUT2D eigenvalue weighted by Crippen LogP contribution is -2.15. The second-order valence-electron chi connectivity index (χ2n) is 3.39. The van der Waals surface area contributed by atoms with Crippen molar-refractivity contribution in [1.82, 2.24) is 9.88 Å². The predicted octanol–water partition coefficient (Wildman–Crippen LogP) is 2.42. The van der Waals surface area contributed by atoms with Gasteiger partial charge in [-0.15, -0.1) is 11.3 Å². The van der Waals surface area contributed by atoms with Crippen molar-refractivity contribution in [2.75, 3.05) is 25.5 Å². The first-order valence-corrected chi connectivity index (χ1v) is 5.95. The van der Waals surface area contributed by atoms with Crippen LogP contribution in [0.15, 0.2) is 6.20 Å². The molecule has 0 bridgehead atoms. The molecule has 3 nitrogen and oxygen atoms in total. The fourth-order valence-corrected chi connectivity index (χ4v) is 1.99. The molecule has 1 N–H and O–H groups in total. The van der Waals surface area contributed by atoms with Crippen LogP contribution in [-0.4, -0.2) is 30.0 Å². The summed E-state index contributed by atoms with van der Waals surface area (Å²) in [5, 5.41) is 4.34. The lowest BCUT2D eigenvalue weighted by Gasteiger charge is -2.10. The summed E-state index contributed by atoms with van der Waals surface area (Å²) < 4.78 is 0. The highest BCUT2D eigenvalue weighted by Gasteiger charge is 2.02. The van der Waals surface area contributed by atoms with Crippen LogP contribution in [0.3, 0.4) is 0 Å². The zero-order valence-corrected chi connectivity index (χ0v) is 10.0. The molecule has 1 heterocycles. The Bertz CT molecular complexity index is 260. The van der Waals surface area contributed by atoms with E-state index < -0.39 is 0 Å². The van der Waals surface area contributed by atoms with E-state index >= 15 is 0 Å². The van der Waals surface area contributed by atoms with Crippen LogP contribution in [0.25, 0.3) is 0 Å². The Morgan fingerprint density at radius 1 is 1.50 bits per heavy atom. The largest absolute Gasteiger partial charge is 0.362 e. The fourth-order valence-electron chi connectivity index (χ4n) is 1.07. The van der Waals surface area contributed by atoms with Gasteiger partial charge in [-0.2, -0.15) is 0 Å². The van der Waals surface area contributed by atoms with Gasteiger partial charge in [-0.05, 0) is 20.0 Å². The summed E-state index contributed by atoms with van der Waals surface area (Å²) >= 11 is 1.75. The van der Waals surface area contributed by atoms with Crippen molar-refractivity contribution in [2.24, 2.45) is 0 Å². The summed E-state index contributed by atoms with van der Waals surface area (Å²) in [5.41, 5.74) is 0. The van der Waals surface area contributed by atoms with Crippen LogP contribution in [0.4, 0.5) is 5.13 Å². The number of anilines is 1. The maximum atomic E-state index is 4.32. The zero-order valence-electron chi connectivity index (χ0n) is 9.21. The molecule has 0 radical (unpaired) electrons. The molecule has 0 aliphatic carbocycles. The van der Waals surface area contributed by atoms with Crippen LogP contribution in [0.2, 0.25) is 0 Å². The number of hydrogen-bond donors (Lipinski definition) is 1. The molecule has 0 aromatic carbocycles. The Morgan fingerprint density at radius 2 is 2.29 bits per heavy atom. The molecular formula is C10H19N3S. The van der Waals surface area contributed by atoms with Crippen molar-refractivity contribution >= 4 is 16.5 Å². The second-order valence-corrected chi connectivity index (χ2v) is 4.50. The summed E-state index contributed by atoms with van der Waals surface area (Å²) in [4.78, 5) is 7.92. The molecule has 14 heavy (non-hydrogen) atoms. The Kier molecular flexibility index (Phi) is 4.90. The average molecular weight is 213 g/mol. The Labute approximate surface area is 90.2 Å². The molecule has 0 saturated heterocycles. The van der Waals surface area contributed by atoms with Crippen molar-refractivity contribution in [3.05, 3.63) is 11.1 Å². The molecular weight excluding hydrogens is 194 g/mol. The zero-order chi connectivity index (χ0) is 10.4. The molecule has 0 aliphatic rings. The van der Waals surface area contributed by atoms with Gasteiger partial charge in [0.2, 0.25) is 0 Å². The quantitative estimate of drug-likeness (QED) is 0.786. The molecule has 0 spiro atoms. The first-order chi connectivity index (χ1) is 6.76. The van der Waals surface area contributed by atoms with E-state index in [-0.39, 0.29) is 0 Å². The summed E-state index contributed by atoms with van der Waals surface area (Å²) in [5.74, 6) is 0. The molecule has 1 rings (SSSR count). The molecule has 0 amide bonds. The molecule has 1 aromatic rings. The van der Waals surface area contributed by atoms with E-state index in [0.717, 1.165) is 31.2 Å². The summed E-state index contributed by atoms with van der Waals surface area (Å²) in [6.45, 7) is 7.41. The molecule has 0 unspecified atom stereocenters. The van der Waals surface area contributed by atoms with Crippen molar-refractivity contribution in [3.63, 3.8) is 0 Å². The monoisotopic (exact) mass is 213 g/mol. The third kappa shape index (κ3) is 3.64. The van der Waals surface area contributed by atoms with E-state index in [2.05, 4.69) is 36.1 Å². The first kappa shape index (κ1) is 11.5. The molecule has 0 saturated carbocycles. The molecule has 4 heteroatoms. The van der Waals surface area contributed by atoms with E-state index in [9.17, 15) is 0 Å². The lowest BCUT2D eigenvalue weighted by molar-refractivity contribution is 0.348. The van der Waals surface area contributed by atoms with Crippen LogP contribution < -0.4 is 5.32 Å². The third-order valence-corrected chi connectivity index (χ3v) is 2.99. The number of hydrogen-bond acceptors (Lipinski definition) is 4. The predicted molar refractivity (Wildman–Crippen MR) is 62.9 cm³/mol. The molecule has 80 valence electrons. The number of thiazole rings is 1. The maximum Gasteiger partial charge on any atom is 0.182 e. The van der Waals surface area contributed by atoms with Crippen LogP contribution in [-0.2, 0) is 6.54 Å². The maximum absolute atomic E-state index is 4.32. The van der Waals surface area contributed by atoms with Gasteiger partial charge in [0.25, 0.3) is 0 Å². The highest BCUT2D eigenvalue weighted by Crippen LogP contribution is 2.18. The van der Waals surface area contributed by atoms with Gasteiger partial charge in [0.15, 0.2) is 5.13 Å². The highest BCUT2D eigenvalue weighted by molar-refractivity contribution is 7.15. The Hall–Kier alpha value is -0.610. The number of rotatable bonds is 6. The molecule has 1 aromatic heterocycles. The smallest absolute Gasteiger partial charge is 0.182 e. The van der Waals surface area contributed by atoms with Crippen LogP contribution in [0.1, 0.15) is 25.1 Å². The van der Waals surface area contributed by atoms with Gasteiger partial charge in [0.05, 0.1) is 0 Å². The lowest BCUT2D eigenvalue weighted by atomic mass is 10.5. The normalized spacial score (nSPS) is 10.9. The number of nitrogens with one attached hydrogen (secondary N) is 1. The van der Waals surface area contributed by atoms with E-state index in [1.54, 1.807) is 11.3 Å². The van der Waals surface area contributed by atoms with Crippen molar-refractivity contribution in [3.8, 4) is 0 Å². The van der Waals surface area contributed by atoms with Gasteiger partial charge in [-0.1, -0.05) is 13.8 Å². The summed E-state index contributed by atoms with van der Waals surface area (Å²) in [7, 11) is 2.12. The van der Waals surface area contributed by atoms with Crippen molar-refractivity contribution in [1.29, 1.82) is 0 Å². The van der Waals surface area contributed by atoms with E-state index in [1.807, 2.05) is 6.20 Å². The van der Waals surface area contributed by atoms with E-state index in [4.69, 9.17) is 0 Å². The van der Waals surface area contributed by atoms with Gasteiger partial charge >= 0.3 is 0 Å². The van der Waals surface area contributed by atoms with Crippen molar-refractivity contribution in [2.45, 2.75) is 26.8 Å². The van der Waals surface area contributed by atoms with Gasteiger partial charge in [0, 0.05) is 24.2 Å². The minimum atomic E-state index is 1.00. The third-order valence-electron chi connectivity index (χ3n) is 2.05. The highest BCUT2D eigenvalue weighted by atomic mass is 32.1. The number of aromatic nitrogens is 1. The van der Waals surface area contributed by atoms with Crippen LogP contribution in [0, 0.1) is 0 Å². The first-order valence-electron chi connectivity index (χ1n) is 5.13. The summed E-state index contributed by atoms with van der Waals surface area (Å²) in [6.07, 6.45) is 3.11. The topological polar surface area (TPSA) is 28.2 Å². The van der Waals surface area contributed by atoms with E-state index in [0.29, 0.717) is 0 Å².